The molecule has 0 bridgehead atoms. The molecule has 15 heteroatoms. The molecule has 0 spiro atoms. The van der Waals surface area contributed by atoms with Crippen molar-refractivity contribution in [1.29, 1.82) is 0 Å². The summed E-state index contributed by atoms with van der Waals surface area (Å²) in [6, 6.07) is 2.71. The monoisotopic (exact) mass is 592 g/mol. The van der Waals surface area contributed by atoms with Crippen LogP contribution < -0.4 is 10.1 Å². The van der Waals surface area contributed by atoms with Crippen LogP contribution in [0.2, 0.25) is 5.02 Å². The SMILES string of the molecule is CC(C)(C)OC(=O)N1C[C@@H](NC(=O)COc2ccc(Cl)c(F)c2)CC[C@@H]1c1noc(C2CC(OC(F)(F)F)C2)n1. The molecule has 0 unspecified atom stereocenters. The van der Waals surface area contributed by atoms with Crippen molar-refractivity contribution in [3.05, 3.63) is 40.8 Å². The van der Waals surface area contributed by atoms with Gasteiger partial charge in [-0.2, -0.15) is 4.98 Å². The maximum atomic E-state index is 13.6. The van der Waals surface area contributed by atoms with E-state index in [9.17, 15) is 27.2 Å². The Bertz CT molecular complexity index is 1210. The van der Waals surface area contributed by atoms with E-state index in [0.29, 0.717) is 12.8 Å². The summed E-state index contributed by atoms with van der Waals surface area (Å²) < 4.78 is 71.1. The minimum Gasteiger partial charge on any atom is -0.484 e. The maximum absolute atomic E-state index is 13.6. The van der Waals surface area contributed by atoms with Gasteiger partial charge in [-0.25, -0.2) is 9.18 Å². The second-order valence-electron chi connectivity index (χ2n) is 10.7. The van der Waals surface area contributed by atoms with Crippen LogP contribution in [-0.2, 0) is 14.3 Å². The third-order valence-corrected chi connectivity index (χ3v) is 6.64. The summed E-state index contributed by atoms with van der Waals surface area (Å²) >= 11 is 5.65. The van der Waals surface area contributed by atoms with Gasteiger partial charge in [-0.15, -0.1) is 13.2 Å². The van der Waals surface area contributed by atoms with Gasteiger partial charge in [0.25, 0.3) is 5.91 Å². The molecule has 2 aliphatic rings. The second-order valence-corrected chi connectivity index (χ2v) is 11.1. The molecule has 2 atom stereocenters. The average molecular weight is 593 g/mol. The van der Waals surface area contributed by atoms with E-state index in [2.05, 4.69) is 20.2 Å². The summed E-state index contributed by atoms with van der Waals surface area (Å²) in [6.07, 6.45) is -5.38. The number of rotatable bonds is 7. The van der Waals surface area contributed by atoms with Crippen molar-refractivity contribution in [2.24, 2.45) is 0 Å². The second kappa shape index (κ2) is 11.8. The average Bonchev–Trinajstić information content (AvgIpc) is 3.29. The highest BCUT2D eigenvalue weighted by Crippen LogP contribution is 2.41. The summed E-state index contributed by atoms with van der Waals surface area (Å²) in [4.78, 5) is 31.4. The standard InChI is InChI=1S/C25H29ClF4N4O6/c1-24(2,3)39-23(36)34-11-14(31-20(35)12-37-15-5-6-17(26)18(27)10-15)4-7-19(34)21-32-22(40-33-21)13-8-16(9-13)38-25(28,29)30/h5-6,10,13-14,16,19H,4,7-9,11-12H2,1-3H3,(H,31,35)/t13?,14-,16?,19+/m0/s1. The van der Waals surface area contributed by atoms with Gasteiger partial charge in [0.2, 0.25) is 5.89 Å². The number of aromatic nitrogens is 2. The topological polar surface area (TPSA) is 116 Å². The maximum Gasteiger partial charge on any atom is 0.522 e. The zero-order valence-corrected chi connectivity index (χ0v) is 22.7. The highest BCUT2D eigenvalue weighted by atomic mass is 35.5. The predicted octanol–water partition coefficient (Wildman–Crippen LogP) is 5.28. The lowest BCUT2D eigenvalue weighted by atomic mass is 9.82. The molecular weight excluding hydrogens is 564 g/mol. The Morgan fingerprint density at radius 3 is 2.58 bits per heavy atom. The molecular formula is C25H29ClF4N4O6. The first-order valence-electron chi connectivity index (χ1n) is 12.6. The van der Waals surface area contributed by atoms with Crippen LogP contribution in [0, 0.1) is 5.82 Å². The Kier molecular flexibility index (Phi) is 8.78. The number of carbonyl (C=O) groups is 2. The van der Waals surface area contributed by atoms with Gasteiger partial charge in [-0.3, -0.25) is 14.4 Å². The summed E-state index contributed by atoms with van der Waals surface area (Å²) in [5.41, 5.74) is -0.804. The molecule has 1 N–H and O–H groups in total. The first kappa shape index (κ1) is 29.8. The van der Waals surface area contributed by atoms with Crippen molar-refractivity contribution in [3.63, 3.8) is 0 Å². The van der Waals surface area contributed by atoms with Crippen LogP contribution in [0.3, 0.4) is 0 Å². The lowest BCUT2D eigenvalue weighted by Crippen LogP contribution is -2.52. The first-order chi connectivity index (χ1) is 18.7. The van der Waals surface area contributed by atoms with E-state index in [0.717, 1.165) is 6.07 Å². The smallest absolute Gasteiger partial charge is 0.484 e. The van der Waals surface area contributed by atoms with E-state index < -0.39 is 48.0 Å². The molecule has 2 heterocycles. The summed E-state index contributed by atoms with van der Waals surface area (Å²) in [6.45, 7) is 4.81. The number of halogens is 5. The molecule has 1 saturated heterocycles. The van der Waals surface area contributed by atoms with E-state index in [1.807, 2.05) is 0 Å². The molecule has 1 aliphatic carbocycles. The fraction of sp³-hybridized carbons (Fsp3) is 0.600. The molecule has 40 heavy (non-hydrogen) atoms. The quantitative estimate of drug-likeness (QED) is 0.432. The summed E-state index contributed by atoms with van der Waals surface area (Å²) in [5, 5.41) is 6.71. The number of likely N-dealkylation sites (tertiary alicyclic amines) is 1. The third kappa shape index (κ3) is 7.96. The zero-order chi connectivity index (χ0) is 29.2. The van der Waals surface area contributed by atoms with Crippen molar-refractivity contribution in [1.82, 2.24) is 20.4 Å². The number of benzene rings is 1. The van der Waals surface area contributed by atoms with Crippen LogP contribution in [-0.4, -0.2) is 64.3 Å². The van der Waals surface area contributed by atoms with Gasteiger partial charge in [0.1, 0.15) is 17.2 Å². The highest BCUT2D eigenvalue weighted by Gasteiger charge is 2.44. The number of hydrogen-bond donors (Lipinski definition) is 1. The first-order valence-corrected chi connectivity index (χ1v) is 13.0. The molecule has 1 aliphatic heterocycles. The van der Waals surface area contributed by atoms with Gasteiger partial charge in [-0.1, -0.05) is 16.8 Å². The summed E-state index contributed by atoms with van der Waals surface area (Å²) in [7, 11) is 0. The predicted molar refractivity (Wildman–Crippen MR) is 131 cm³/mol. The molecule has 4 rings (SSSR count). The molecule has 1 saturated carbocycles. The molecule has 2 fully saturated rings. The molecule has 2 aromatic rings. The molecule has 1 aromatic carbocycles. The number of hydrogen-bond acceptors (Lipinski definition) is 8. The number of piperidine rings is 1. The number of carbonyl (C=O) groups excluding carboxylic acids is 2. The normalized spacial score (nSPS) is 23.4. The van der Waals surface area contributed by atoms with Crippen molar-refractivity contribution < 1.29 is 45.9 Å². The Morgan fingerprint density at radius 2 is 1.93 bits per heavy atom. The number of nitrogens with one attached hydrogen (secondary N) is 1. The lowest BCUT2D eigenvalue weighted by Gasteiger charge is -2.39. The highest BCUT2D eigenvalue weighted by molar-refractivity contribution is 6.30. The van der Waals surface area contributed by atoms with Crippen LogP contribution in [0.4, 0.5) is 22.4 Å². The molecule has 1 aromatic heterocycles. The molecule has 220 valence electrons. The Morgan fingerprint density at radius 1 is 1.20 bits per heavy atom. The minimum absolute atomic E-state index is 0.0652. The molecule has 10 nitrogen and oxygen atoms in total. The zero-order valence-electron chi connectivity index (χ0n) is 22.0. The lowest BCUT2D eigenvalue weighted by molar-refractivity contribution is -0.352. The molecule has 0 radical (unpaired) electrons. The number of alkyl halides is 3. The van der Waals surface area contributed by atoms with Crippen molar-refractivity contribution >= 4 is 23.6 Å². The van der Waals surface area contributed by atoms with Crippen molar-refractivity contribution in [3.8, 4) is 5.75 Å². The van der Waals surface area contributed by atoms with E-state index in [1.165, 1.54) is 17.0 Å². The van der Waals surface area contributed by atoms with Gasteiger partial charge in [0, 0.05) is 24.6 Å². The van der Waals surface area contributed by atoms with E-state index in [4.69, 9.17) is 25.6 Å². The van der Waals surface area contributed by atoms with Crippen molar-refractivity contribution in [2.75, 3.05) is 13.2 Å². The fourth-order valence-corrected chi connectivity index (χ4v) is 4.58. The summed E-state index contributed by atoms with van der Waals surface area (Å²) in [5.74, 6) is -1.04. The fourth-order valence-electron chi connectivity index (χ4n) is 4.47. The van der Waals surface area contributed by atoms with Gasteiger partial charge < -0.3 is 19.3 Å². The number of nitrogens with zero attached hydrogens (tertiary/aromatic N) is 3. The van der Waals surface area contributed by atoms with Crippen LogP contribution in [0.25, 0.3) is 0 Å². The van der Waals surface area contributed by atoms with Gasteiger partial charge in [0.05, 0.1) is 17.2 Å². The van der Waals surface area contributed by atoms with Crippen LogP contribution in [0.5, 0.6) is 5.75 Å². The largest absolute Gasteiger partial charge is 0.522 e. The van der Waals surface area contributed by atoms with Gasteiger partial charge >= 0.3 is 12.5 Å². The number of amides is 2. The third-order valence-electron chi connectivity index (χ3n) is 6.34. The Hall–Kier alpha value is -3.13. The van der Waals surface area contributed by atoms with Crippen LogP contribution in [0.15, 0.2) is 22.7 Å². The Labute approximate surface area is 232 Å². The van der Waals surface area contributed by atoms with Crippen molar-refractivity contribution in [2.45, 2.75) is 82.5 Å². The number of ether oxygens (including phenoxy) is 3. The van der Waals surface area contributed by atoms with Gasteiger partial charge in [-0.05, 0) is 58.6 Å². The van der Waals surface area contributed by atoms with Gasteiger partial charge in [0.15, 0.2) is 12.4 Å². The van der Waals surface area contributed by atoms with E-state index >= 15 is 0 Å². The minimum atomic E-state index is -4.71. The van der Waals surface area contributed by atoms with Crippen LogP contribution >= 0.6 is 11.6 Å². The van der Waals surface area contributed by atoms with E-state index in [-0.39, 0.29) is 54.4 Å². The molecule has 2 amide bonds. The van der Waals surface area contributed by atoms with Crippen LogP contribution in [0.1, 0.15) is 70.1 Å². The Balaban J connectivity index is 1.38. The van der Waals surface area contributed by atoms with E-state index in [1.54, 1.807) is 20.8 Å².